The fraction of sp³-hybridized carbons (Fsp3) is 0.522. The normalized spacial score (nSPS) is 18.0. The number of methoxy groups -OCH3 is 1. The molecule has 0 saturated carbocycles. The molecule has 0 amide bonds. The van der Waals surface area contributed by atoms with Crippen LogP contribution in [0.5, 0.6) is 5.75 Å². The van der Waals surface area contributed by atoms with Crippen LogP contribution < -0.4 is 20.9 Å². The Balaban J connectivity index is 2.38. The van der Waals surface area contributed by atoms with Crippen LogP contribution in [0.25, 0.3) is 0 Å². The molecule has 2 aromatic rings. The lowest BCUT2D eigenvalue weighted by Crippen LogP contribution is -2.60. The van der Waals surface area contributed by atoms with Crippen molar-refractivity contribution >= 4 is 13.7 Å². The third kappa shape index (κ3) is 7.59. The molecule has 0 radical (unpaired) electrons. The van der Waals surface area contributed by atoms with Gasteiger partial charge < -0.3 is 24.2 Å². The van der Waals surface area contributed by atoms with Crippen LogP contribution in [0.15, 0.2) is 52.2 Å². The average Bonchev–Trinajstić information content (AvgIpc) is 2.86. The highest BCUT2D eigenvalue weighted by atomic mass is 31.2. The maximum atomic E-state index is 16.0. The van der Waals surface area contributed by atoms with Crippen molar-refractivity contribution in [2.45, 2.75) is 63.9 Å². The van der Waals surface area contributed by atoms with E-state index in [-0.39, 0.29) is 5.75 Å². The number of hydrogen-bond donors (Lipinski definition) is 4. The van der Waals surface area contributed by atoms with Crippen LogP contribution in [0, 0.1) is 0 Å². The maximum absolute atomic E-state index is 16.0. The van der Waals surface area contributed by atoms with Crippen LogP contribution in [0.1, 0.15) is 34.1 Å². The van der Waals surface area contributed by atoms with E-state index in [1.54, 1.807) is 32.0 Å². The largest absolute Gasteiger partial charge is 0.462 e. The highest BCUT2D eigenvalue weighted by Gasteiger charge is 2.53. The number of carbonyl (C=O) groups is 1. The van der Waals surface area contributed by atoms with Crippen molar-refractivity contribution in [3.8, 4) is 5.75 Å². The fourth-order valence-corrected chi connectivity index (χ4v) is 4.82. The van der Waals surface area contributed by atoms with Gasteiger partial charge in [0.1, 0.15) is 18.4 Å². The molecule has 5 atom stereocenters. The fourth-order valence-electron chi connectivity index (χ4n) is 3.32. The molecule has 0 bridgehead atoms. The molecule has 1 aromatic heterocycles. The predicted octanol–water partition coefficient (Wildman–Crippen LogP) is 1.40. The monoisotopic (exact) mass is 561 g/mol. The summed E-state index contributed by atoms with van der Waals surface area (Å²) in [5, 5.41) is 24.3. The number of para-hydroxylation sites is 1. The highest BCUT2D eigenvalue weighted by Crippen LogP contribution is 2.46. The Morgan fingerprint density at radius 1 is 1.21 bits per heavy atom. The Bertz CT molecular complexity index is 1240. The van der Waals surface area contributed by atoms with E-state index in [1.165, 1.54) is 26.0 Å². The van der Waals surface area contributed by atoms with Gasteiger partial charge >= 0.3 is 19.4 Å². The van der Waals surface area contributed by atoms with Gasteiger partial charge in [-0.1, -0.05) is 25.1 Å². The van der Waals surface area contributed by atoms with E-state index in [9.17, 15) is 29.2 Å². The van der Waals surface area contributed by atoms with Crippen molar-refractivity contribution in [1.82, 2.24) is 14.6 Å². The van der Waals surface area contributed by atoms with E-state index in [0.717, 1.165) is 19.4 Å². The molecule has 0 spiro atoms. The second-order valence-electron chi connectivity index (χ2n) is 8.62. The van der Waals surface area contributed by atoms with Gasteiger partial charge in [-0.3, -0.25) is 23.7 Å². The van der Waals surface area contributed by atoms with Crippen molar-refractivity contribution in [2.24, 2.45) is 0 Å². The number of aromatic amines is 1. The van der Waals surface area contributed by atoms with E-state index in [4.69, 9.17) is 18.5 Å². The molecule has 13 nitrogen and oxygen atoms in total. The minimum Gasteiger partial charge on any atom is -0.462 e. The number of aliphatic hydroxyl groups excluding tert-OH is 1. The Morgan fingerprint density at radius 2 is 1.84 bits per heavy atom. The van der Waals surface area contributed by atoms with Gasteiger partial charge in [-0.25, -0.2) is 13.8 Å². The topological polar surface area (TPSA) is 178 Å². The summed E-state index contributed by atoms with van der Waals surface area (Å²) in [6.07, 6.45) is -2.55. The zero-order chi connectivity index (χ0) is 28.7. The number of H-pyrrole nitrogens is 1. The summed E-state index contributed by atoms with van der Waals surface area (Å²) in [4.78, 5) is 37.9. The lowest BCUT2D eigenvalue weighted by Gasteiger charge is -2.40. The first-order valence-corrected chi connectivity index (χ1v) is 13.2. The van der Waals surface area contributed by atoms with Crippen LogP contribution in [-0.2, 0) is 29.1 Å². The molecule has 0 aliphatic rings. The number of ether oxygens (including phenoxy) is 2. The van der Waals surface area contributed by atoms with Crippen molar-refractivity contribution in [3.05, 3.63) is 63.4 Å². The van der Waals surface area contributed by atoms with Gasteiger partial charge in [0.25, 0.3) is 11.4 Å². The van der Waals surface area contributed by atoms with Gasteiger partial charge in [0, 0.05) is 19.4 Å². The minimum atomic E-state index is -4.57. The number of hydrogen-bond acceptors (Lipinski definition) is 10. The summed E-state index contributed by atoms with van der Waals surface area (Å²) in [7, 11) is -3.73. The first-order valence-electron chi connectivity index (χ1n) is 11.6. The summed E-state index contributed by atoms with van der Waals surface area (Å²) in [5.41, 5.74) is -4.55. The third-order valence-electron chi connectivity index (χ3n) is 5.40. The van der Waals surface area contributed by atoms with E-state index < -0.39 is 67.8 Å². The molecule has 1 aromatic carbocycles. The predicted molar refractivity (Wildman–Crippen MR) is 133 cm³/mol. The number of halogens is 1. The molecule has 2 rings (SSSR count). The Morgan fingerprint density at radius 3 is 2.37 bits per heavy atom. The molecule has 212 valence electrons. The number of benzene rings is 1. The van der Waals surface area contributed by atoms with E-state index >= 15 is 4.39 Å². The first kappa shape index (κ1) is 31.3. The van der Waals surface area contributed by atoms with Gasteiger partial charge in [-0.05, 0) is 39.3 Å². The van der Waals surface area contributed by atoms with Crippen LogP contribution in [0.2, 0.25) is 0 Å². The number of esters is 1. The summed E-state index contributed by atoms with van der Waals surface area (Å²) in [5.74, 6) is -4.03. The standard InChI is InChI=1S/C23H33FN3O10P/c1-6-23(32,27-13-12-18(28)25-21(27)31)20(30)22(24,34-5)14-35-38(33,37-17-10-8-7-9-11-17)26-16(4)19(29)36-15(2)3/h7-13,15-16,20,30,32H,6,14H2,1-5H3,(H,26,33)(H,25,28,31)/t16?,20-,22-,23-,38?/m1/s1. The molecule has 1 heterocycles. The quantitative estimate of drug-likeness (QED) is 0.194. The number of nitrogens with one attached hydrogen (secondary N) is 2. The lowest BCUT2D eigenvalue weighted by atomic mass is 9.96. The van der Waals surface area contributed by atoms with Gasteiger partial charge in [-0.15, -0.1) is 0 Å². The Hall–Kier alpha value is -2.87. The minimum absolute atomic E-state index is 0.0417. The van der Waals surface area contributed by atoms with E-state index in [2.05, 4.69) is 5.09 Å². The molecular weight excluding hydrogens is 528 g/mol. The average molecular weight is 562 g/mol. The number of aliphatic hydroxyl groups is 2. The van der Waals surface area contributed by atoms with Gasteiger partial charge in [0.15, 0.2) is 11.8 Å². The zero-order valence-electron chi connectivity index (χ0n) is 21.6. The van der Waals surface area contributed by atoms with Crippen LogP contribution in [0.3, 0.4) is 0 Å². The van der Waals surface area contributed by atoms with Crippen molar-refractivity contribution < 1.29 is 42.5 Å². The van der Waals surface area contributed by atoms with E-state index in [0.29, 0.717) is 4.57 Å². The van der Waals surface area contributed by atoms with Crippen molar-refractivity contribution in [2.75, 3.05) is 13.7 Å². The second-order valence-corrected chi connectivity index (χ2v) is 10.3. The Labute approximate surface area is 218 Å². The molecule has 0 aliphatic carbocycles. The number of aromatic nitrogens is 2. The summed E-state index contributed by atoms with van der Waals surface area (Å²) < 4.78 is 50.7. The molecule has 0 aliphatic heterocycles. The number of alkyl halides is 1. The molecule has 4 N–H and O–H groups in total. The molecular formula is C23H33FN3O10P. The molecule has 0 saturated heterocycles. The number of rotatable bonds is 14. The molecule has 0 fully saturated rings. The zero-order valence-corrected chi connectivity index (χ0v) is 22.5. The van der Waals surface area contributed by atoms with Gasteiger partial charge in [0.05, 0.1) is 6.10 Å². The summed E-state index contributed by atoms with van der Waals surface area (Å²) in [6, 6.07) is 7.31. The molecule has 38 heavy (non-hydrogen) atoms. The number of nitrogens with zero attached hydrogens (tertiary/aromatic N) is 1. The van der Waals surface area contributed by atoms with Crippen LogP contribution >= 0.6 is 7.75 Å². The highest BCUT2D eigenvalue weighted by molar-refractivity contribution is 7.52. The SMILES string of the molecule is CC[C@@](O)([C@H](O)[C@@](F)(COP(=O)(NC(C)C(=O)OC(C)C)Oc1ccccc1)OC)n1ccc(=O)[nH]c1=O. The second kappa shape index (κ2) is 12.8. The third-order valence-corrected chi connectivity index (χ3v) is 7.03. The summed E-state index contributed by atoms with van der Waals surface area (Å²) >= 11 is 0. The smallest absolute Gasteiger partial charge is 0.459 e. The van der Waals surface area contributed by atoms with Crippen molar-refractivity contribution in [1.29, 1.82) is 0 Å². The Kier molecular flexibility index (Phi) is 10.5. The van der Waals surface area contributed by atoms with Gasteiger partial charge in [0.2, 0.25) is 0 Å². The lowest BCUT2D eigenvalue weighted by molar-refractivity contribution is -0.279. The van der Waals surface area contributed by atoms with Crippen molar-refractivity contribution in [3.63, 3.8) is 0 Å². The maximum Gasteiger partial charge on any atom is 0.459 e. The van der Waals surface area contributed by atoms with Crippen LogP contribution in [0.4, 0.5) is 4.39 Å². The van der Waals surface area contributed by atoms with E-state index in [1.807, 2.05) is 4.98 Å². The van der Waals surface area contributed by atoms with Crippen LogP contribution in [-0.4, -0.2) is 63.6 Å². The number of carbonyl (C=O) groups excluding carboxylic acids is 1. The molecule has 2 unspecified atom stereocenters. The first-order chi connectivity index (χ1) is 17.7. The molecule has 15 heteroatoms. The van der Waals surface area contributed by atoms with Gasteiger partial charge in [-0.2, -0.15) is 5.09 Å². The summed E-state index contributed by atoms with van der Waals surface area (Å²) in [6.45, 7) is 4.59.